The summed E-state index contributed by atoms with van der Waals surface area (Å²) in [6.07, 6.45) is 4.13. The monoisotopic (exact) mass is 343 g/mol. The smallest absolute Gasteiger partial charge is 0.265 e. The van der Waals surface area contributed by atoms with Gasteiger partial charge in [-0.05, 0) is 80.5 Å². The summed E-state index contributed by atoms with van der Waals surface area (Å²) in [4.78, 5) is 12.3. The highest BCUT2D eigenvalue weighted by atomic mass is 35.5. The third-order valence-corrected chi connectivity index (χ3v) is 4.85. The Kier molecular flexibility index (Phi) is 5.10. The van der Waals surface area contributed by atoms with E-state index in [1.807, 2.05) is 25.1 Å². The zero-order valence-corrected chi connectivity index (χ0v) is 14.8. The van der Waals surface area contributed by atoms with Gasteiger partial charge in [-0.25, -0.2) is 0 Å². The van der Waals surface area contributed by atoms with E-state index >= 15 is 0 Å². The van der Waals surface area contributed by atoms with E-state index in [1.165, 1.54) is 24.0 Å². The van der Waals surface area contributed by atoms with E-state index < -0.39 is 6.10 Å². The Morgan fingerprint density at radius 2 is 1.88 bits per heavy atom. The number of hydrogen-bond donors (Lipinski definition) is 1. The van der Waals surface area contributed by atoms with Crippen LogP contribution in [0.2, 0.25) is 5.02 Å². The van der Waals surface area contributed by atoms with Crippen molar-refractivity contribution in [2.75, 3.05) is 5.32 Å². The van der Waals surface area contributed by atoms with E-state index in [0.29, 0.717) is 10.7 Å². The fourth-order valence-corrected chi connectivity index (χ4v) is 3.14. The average Bonchev–Trinajstić information content (AvgIpc) is 2.58. The van der Waals surface area contributed by atoms with Gasteiger partial charge < -0.3 is 10.1 Å². The Hall–Kier alpha value is -2.00. The molecule has 0 spiro atoms. The minimum Gasteiger partial charge on any atom is -0.481 e. The molecule has 1 amide bonds. The minimum atomic E-state index is -0.577. The molecule has 2 aromatic rings. The molecule has 1 aliphatic rings. The van der Waals surface area contributed by atoms with Crippen molar-refractivity contribution < 1.29 is 9.53 Å². The van der Waals surface area contributed by atoms with Gasteiger partial charge in [0, 0.05) is 10.7 Å². The van der Waals surface area contributed by atoms with Crippen LogP contribution in [-0.2, 0) is 17.6 Å². The molecule has 0 aliphatic heterocycles. The van der Waals surface area contributed by atoms with Crippen LogP contribution in [0.3, 0.4) is 0 Å². The molecule has 24 heavy (non-hydrogen) atoms. The van der Waals surface area contributed by atoms with Crippen LogP contribution in [-0.4, -0.2) is 12.0 Å². The van der Waals surface area contributed by atoms with E-state index in [4.69, 9.17) is 16.3 Å². The summed E-state index contributed by atoms with van der Waals surface area (Å²) in [5.41, 5.74) is 4.40. The molecule has 0 aromatic heterocycles. The van der Waals surface area contributed by atoms with Crippen LogP contribution in [0.25, 0.3) is 0 Å². The van der Waals surface area contributed by atoms with Crippen LogP contribution in [0, 0.1) is 6.92 Å². The van der Waals surface area contributed by atoms with Crippen LogP contribution in [0.5, 0.6) is 5.75 Å². The van der Waals surface area contributed by atoms with Crippen molar-refractivity contribution in [2.24, 2.45) is 0 Å². The molecule has 126 valence electrons. The number of carbonyl (C=O) groups excluding carboxylic acids is 1. The molecule has 0 fully saturated rings. The molecular formula is C20H22ClNO2. The SMILES string of the molecule is Cc1ccc(NC(=O)[C@H](C)Oc2ccc3c(c2)CCCC3)cc1Cl. The van der Waals surface area contributed by atoms with Gasteiger partial charge in [0.25, 0.3) is 5.91 Å². The topological polar surface area (TPSA) is 38.3 Å². The number of hydrogen-bond acceptors (Lipinski definition) is 2. The van der Waals surface area contributed by atoms with Gasteiger partial charge in [-0.15, -0.1) is 0 Å². The second-order valence-corrected chi connectivity index (χ2v) is 6.76. The molecule has 1 atom stereocenters. The normalized spacial score (nSPS) is 14.6. The van der Waals surface area contributed by atoms with Crippen LogP contribution in [0.15, 0.2) is 36.4 Å². The summed E-state index contributed by atoms with van der Waals surface area (Å²) in [5.74, 6) is 0.563. The lowest BCUT2D eigenvalue weighted by Gasteiger charge is -2.19. The number of amides is 1. The number of nitrogens with one attached hydrogen (secondary N) is 1. The first-order valence-electron chi connectivity index (χ1n) is 8.38. The Balaban J connectivity index is 1.64. The lowest BCUT2D eigenvalue weighted by atomic mass is 9.92. The molecule has 0 saturated heterocycles. The van der Waals surface area contributed by atoms with E-state index in [0.717, 1.165) is 24.2 Å². The predicted molar refractivity (Wildman–Crippen MR) is 98.0 cm³/mol. The van der Waals surface area contributed by atoms with Crippen molar-refractivity contribution in [3.8, 4) is 5.75 Å². The van der Waals surface area contributed by atoms with E-state index in [9.17, 15) is 4.79 Å². The summed E-state index contributed by atoms with van der Waals surface area (Å²) >= 11 is 6.09. The highest BCUT2D eigenvalue weighted by Gasteiger charge is 2.17. The Labute approximate surface area is 148 Å². The van der Waals surface area contributed by atoms with Crippen molar-refractivity contribution in [3.63, 3.8) is 0 Å². The average molecular weight is 344 g/mol. The standard InChI is InChI=1S/C20H22ClNO2/c1-13-7-9-17(12-19(13)21)22-20(23)14(2)24-18-10-8-15-5-3-4-6-16(15)11-18/h7-12,14H,3-6H2,1-2H3,(H,22,23)/t14-/m0/s1. The van der Waals surface area contributed by atoms with E-state index in [-0.39, 0.29) is 5.91 Å². The molecule has 0 heterocycles. The van der Waals surface area contributed by atoms with Crippen LogP contribution in [0.1, 0.15) is 36.5 Å². The molecule has 3 nitrogen and oxygen atoms in total. The second kappa shape index (κ2) is 7.27. The summed E-state index contributed by atoms with van der Waals surface area (Å²) in [7, 11) is 0. The highest BCUT2D eigenvalue weighted by molar-refractivity contribution is 6.31. The first-order valence-corrected chi connectivity index (χ1v) is 8.76. The largest absolute Gasteiger partial charge is 0.481 e. The van der Waals surface area contributed by atoms with Gasteiger partial charge in [0.05, 0.1) is 0 Å². The predicted octanol–water partition coefficient (Wildman–Crippen LogP) is 4.93. The van der Waals surface area contributed by atoms with Crippen molar-refractivity contribution in [1.82, 2.24) is 0 Å². The molecule has 2 aromatic carbocycles. The highest BCUT2D eigenvalue weighted by Crippen LogP contribution is 2.26. The molecule has 1 aliphatic carbocycles. The van der Waals surface area contributed by atoms with Crippen LogP contribution in [0.4, 0.5) is 5.69 Å². The number of ether oxygens (including phenoxy) is 1. The lowest BCUT2D eigenvalue weighted by Crippen LogP contribution is -2.30. The van der Waals surface area contributed by atoms with Crippen molar-refractivity contribution in [3.05, 3.63) is 58.1 Å². The summed E-state index contributed by atoms with van der Waals surface area (Å²) in [6.45, 7) is 3.68. The van der Waals surface area contributed by atoms with Gasteiger partial charge in [-0.2, -0.15) is 0 Å². The maximum Gasteiger partial charge on any atom is 0.265 e. The van der Waals surface area contributed by atoms with E-state index in [1.54, 1.807) is 13.0 Å². The molecule has 3 rings (SSSR count). The van der Waals surface area contributed by atoms with Gasteiger partial charge in [-0.3, -0.25) is 4.79 Å². The molecule has 0 saturated carbocycles. The van der Waals surface area contributed by atoms with Gasteiger partial charge in [0.1, 0.15) is 5.75 Å². The Bertz CT molecular complexity index is 757. The fourth-order valence-electron chi connectivity index (χ4n) is 2.96. The first-order chi connectivity index (χ1) is 11.5. The molecule has 0 unspecified atom stereocenters. The molecular weight excluding hydrogens is 322 g/mol. The molecule has 0 bridgehead atoms. The van der Waals surface area contributed by atoms with Gasteiger partial charge in [0.15, 0.2) is 6.10 Å². The number of aryl methyl sites for hydroxylation is 3. The van der Waals surface area contributed by atoms with Gasteiger partial charge in [0.2, 0.25) is 0 Å². The molecule has 1 N–H and O–H groups in total. The van der Waals surface area contributed by atoms with Gasteiger partial charge in [-0.1, -0.05) is 23.7 Å². The number of benzene rings is 2. The summed E-state index contributed by atoms with van der Waals surface area (Å²) in [6, 6.07) is 11.6. The maximum absolute atomic E-state index is 12.3. The lowest BCUT2D eigenvalue weighted by molar-refractivity contribution is -0.122. The maximum atomic E-state index is 12.3. The fraction of sp³-hybridized carbons (Fsp3) is 0.350. The first kappa shape index (κ1) is 16.8. The van der Waals surface area contributed by atoms with Gasteiger partial charge >= 0.3 is 0 Å². The number of fused-ring (bicyclic) bond motifs is 1. The second-order valence-electron chi connectivity index (χ2n) is 6.35. The summed E-state index contributed by atoms with van der Waals surface area (Å²) in [5, 5.41) is 3.48. The molecule has 0 radical (unpaired) electrons. The number of anilines is 1. The zero-order chi connectivity index (χ0) is 17.1. The number of halogens is 1. The Morgan fingerprint density at radius 1 is 1.12 bits per heavy atom. The van der Waals surface area contributed by atoms with Crippen molar-refractivity contribution in [1.29, 1.82) is 0 Å². The van der Waals surface area contributed by atoms with Crippen molar-refractivity contribution >= 4 is 23.2 Å². The Morgan fingerprint density at radius 3 is 2.62 bits per heavy atom. The third-order valence-electron chi connectivity index (χ3n) is 4.44. The molecule has 4 heteroatoms. The van der Waals surface area contributed by atoms with E-state index in [2.05, 4.69) is 17.4 Å². The van der Waals surface area contributed by atoms with Crippen LogP contribution < -0.4 is 10.1 Å². The summed E-state index contributed by atoms with van der Waals surface area (Å²) < 4.78 is 5.82. The van der Waals surface area contributed by atoms with Crippen molar-refractivity contribution in [2.45, 2.75) is 45.6 Å². The number of rotatable bonds is 4. The third kappa shape index (κ3) is 3.90. The zero-order valence-electron chi connectivity index (χ0n) is 14.1. The minimum absolute atomic E-state index is 0.187. The number of carbonyl (C=O) groups is 1. The quantitative estimate of drug-likeness (QED) is 0.854. The van der Waals surface area contributed by atoms with Crippen LogP contribution >= 0.6 is 11.6 Å².